The van der Waals surface area contributed by atoms with Crippen LogP contribution in [-0.2, 0) is 0 Å². The predicted molar refractivity (Wildman–Crippen MR) is 72.1 cm³/mol. The molecule has 1 saturated heterocycles. The van der Waals surface area contributed by atoms with Gasteiger partial charge in [0.1, 0.15) is 6.04 Å². The fraction of sp³-hybridized carbons (Fsp3) is 0.538. The quantitative estimate of drug-likeness (QED) is 0.891. The summed E-state index contributed by atoms with van der Waals surface area (Å²) in [5, 5.41) is 3.07. The molecule has 6 heteroatoms. The molecule has 2 nitrogen and oxygen atoms in total. The second kappa shape index (κ2) is 5.81. The topological polar surface area (TPSA) is 15.3 Å². The Labute approximate surface area is 119 Å². The molecule has 1 aromatic rings. The van der Waals surface area contributed by atoms with Crippen LogP contribution in [0.2, 0.25) is 0 Å². The highest BCUT2D eigenvalue weighted by molar-refractivity contribution is 9.10. The van der Waals surface area contributed by atoms with E-state index in [0.29, 0.717) is 31.7 Å². The average molecular weight is 337 g/mol. The first-order chi connectivity index (χ1) is 8.89. The SMILES string of the molecule is Cc1ccc([C@H](N2CCNCC2)C(F)(F)F)cc1Br. The Hall–Kier alpha value is -0.590. The largest absolute Gasteiger partial charge is 0.408 e. The summed E-state index contributed by atoms with van der Waals surface area (Å²) in [5.74, 6) is 0. The van der Waals surface area contributed by atoms with E-state index in [2.05, 4.69) is 21.2 Å². The van der Waals surface area contributed by atoms with Gasteiger partial charge in [0.05, 0.1) is 0 Å². The summed E-state index contributed by atoms with van der Waals surface area (Å²) in [6.45, 7) is 3.88. The van der Waals surface area contributed by atoms with Gasteiger partial charge >= 0.3 is 6.18 Å². The summed E-state index contributed by atoms with van der Waals surface area (Å²) in [7, 11) is 0. The molecule has 0 aliphatic carbocycles. The molecule has 2 rings (SSSR count). The van der Waals surface area contributed by atoms with Gasteiger partial charge in [-0.05, 0) is 24.1 Å². The van der Waals surface area contributed by atoms with E-state index >= 15 is 0 Å². The van der Waals surface area contributed by atoms with Crippen LogP contribution in [0.1, 0.15) is 17.2 Å². The molecule has 0 radical (unpaired) electrons. The summed E-state index contributed by atoms with van der Waals surface area (Å²) in [6.07, 6.45) is -4.26. The lowest BCUT2D eigenvalue weighted by molar-refractivity contribution is -0.187. The van der Waals surface area contributed by atoms with Crippen molar-refractivity contribution >= 4 is 15.9 Å². The summed E-state index contributed by atoms with van der Waals surface area (Å²) >= 11 is 3.31. The molecule has 106 valence electrons. The van der Waals surface area contributed by atoms with Crippen molar-refractivity contribution in [2.24, 2.45) is 0 Å². The molecule has 1 fully saturated rings. The van der Waals surface area contributed by atoms with Gasteiger partial charge in [0.25, 0.3) is 0 Å². The lowest BCUT2D eigenvalue weighted by atomic mass is 10.0. The molecule has 1 atom stereocenters. The molecule has 0 amide bonds. The van der Waals surface area contributed by atoms with Crippen molar-refractivity contribution in [1.29, 1.82) is 0 Å². The van der Waals surface area contributed by atoms with E-state index in [9.17, 15) is 13.2 Å². The van der Waals surface area contributed by atoms with E-state index in [-0.39, 0.29) is 0 Å². The molecule has 1 N–H and O–H groups in total. The zero-order valence-corrected chi connectivity index (χ0v) is 12.2. The molecule has 1 aliphatic heterocycles. The van der Waals surface area contributed by atoms with Gasteiger partial charge in [0.15, 0.2) is 0 Å². The number of benzene rings is 1. The smallest absolute Gasteiger partial charge is 0.314 e. The van der Waals surface area contributed by atoms with E-state index in [1.54, 1.807) is 18.2 Å². The van der Waals surface area contributed by atoms with Gasteiger partial charge in [0, 0.05) is 30.7 Å². The lowest BCUT2D eigenvalue weighted by Crippen LogP contribution is -2.49. The maximum Gasteiger partial charge on any atom is 0.408 e. The van der Waals surface area contributed by atoms with Crippen LogP contribution in [-0.4, -0.2) is 37.3 Å². The number of nitrogens with one attached hydrogen (secondary N) is 1. The van der Waals surface area contributed by atoms with Crippen LogP contribution in [0.4, 0.5) is 13.2 Å². The number of hydrogen-bond donors (Lipinski definition) is 1. The minimum Gasteiger partial charge on any atom is -0.314 e. The number of nitrogens with zero attached hydrogens (tertiary/aromatic N) is 1. The second-order valence-corrected chi connectivity index (χ2v) is 5.59. The van der Waals surface area contributed by atoms with Crippen molar-refractivity contribution in [3.05, 3.63) is 33.8 Å². The van der Waals surface area contributed by atoms with Crippen LogP contribution in [0, 0.1) is 6.92 Å². The third-order valence-electron chi connectivity index (χ3n) is 3.34. The molecule has 0 spiro atoms. The summed E-state index contributed by atoms with van der Waals surface area (Å²) in [5.41, 5.74) is 1.23. The Bertz CT molecular complexity index is 442. The zero-order valence-electron chi connectivity index (χ0n) is 10.6. The first-order valence-corrected chi connectivity index (χ1v) is 6.96. The number of alkyl halides is 3. The molecular formula is C13H16BrF3N2. The lowest BCUT2D eigenvalue weighted by Gasteiger charge is -2.36. The van der Waals surface area contributed by atoms with Crippen LogP contribution in [0.3, 0.4) is 0 Å². The summed E-state index contributed by atoms with van der Waals surface area (Å²) < 4.78 is 40.8. The van der Waals surface area contributed by atoms with Crippen LogP contribution >= 0.6 is 15.9 Å². The van der Waals surface area contributed by atoms with Gasteiger partial charge in [-0.15, -0.1) is 0 Å². The predicted octanol–water partition coefficient (Wildman–Crippen LogP) is 3.27. The van der Waals surface area contributed by atoms with Crippen molar-refractivity contribution in [2.75, 3.05) is 26.2 Å². The normalized spacial score (nSPS) is 19.4. The van der Waals surface area contributed by atoms with Crippen molar-refractivity contribution in [1.82, 2.24) is 10.2 Å². The van der Waals surface area contributed by atoms with Gasteiger partial charge in [-0.2, -0.15) is 13.2 Å². The van der Waals surface area contributed by atoms with E-state index in [1.807, 2.05) is 6.92 Å². The van der Waals surface area contributed by atoms with Crippen LogP contribution < -0.4 is 5.32 Å². The third-order valence-corrected chi connectivity index (χ3v) is 4.19. The molecular weight excluding hydrogens is 321 g/mol. The maximum absolute atomic E-state index is 13.3. The fourth-order valence-corrected chi connectivity index (χ4v) is 2.72. The standard InChI is InChI=1S/C13H16BrF3N2/c1-9-2-3-10(8-11(9)14)12(13(15,16)17)19-6-4-18-5-7-19/h2-3,8,12,18H,4-7H2,1H3/t12-/m0/s1. The molecule has 19 heavy (non-hydrogen) atoms. The number of halogens is 4. The average Bonchev–Trinajstić information content (AvgIpc) is 2.34. The monoisotopic (exact) mass is 336 g/mol. The highest BCUT2D eigenvalue weighted by atomic mass is 79.9. The molecule has 0 aromatic heterocycles. The highest BCUT2D eigenvalue weighted by Crippen LogP contribution is 2.38. The Kier molecular flexibility index (Phi) is 4.53. The molecule has 0 unspecified atom stereocenters. The van der Waals surface area contributed by atoms with Gasteiger partial charge in [-0.3, -0.25) is 4.90 Å². The van der Waals surface area contributed by atoms with Crippen molar-refractivity contribution in [3.8, 4) is 0 Å². The minimum absolute atomic E-state index is 0.298. The van der Waals surface area contributed by atoms with Crippen molar-refractivity contribution in [2.45, 2.75) is 19.1 Å². The molecule has 0 saturated carbocycles. The molecule has 0 bridgehead atoms. The fourth-order valence-electron chi connectivity index (χ4n) is 2.33. The molecule has 1 heterocycles. The Morgan fingerprint density at radius 1 is 1.26 bits per heavy atom. The van der Waals surface area contributed by atoms with Crippen molar-refractivity contribution in [3.63, 3.8) is 0 Å². The van der Waals surface area contributed by atoms with E-state index in [1.165, 1.54) is 4.90 Å². The zero-order chi connectivity index (χ0) is 14.0. The van der Waals surface area contributed by atoms with Crippen molar-refractivity contribution < 1.29 is 13.2 Å². The molecule has 1 aromatic carbocycles. The maximum atomic E-state index is 13.3. The third kappa shape index (κ3) is 3.49. The second-order valence-electron chi connectivity index (χ2n) is 4.74. The van der Waals surface area contributed by atoms with Gasteiger partial charge in [0.2, 0.25) is 0 Å². The minimum atomic E-state index is -4.26. The summed E-state index contributed by atoms with van der Waals surface area (Å²) in [4.78, 5) is 1.49. The number of rotatable bonds is 2. The van der Waals surface area contributed by atoms with E-state index in [0.717, 1.165) is 10.0 Å². The van der Waals surface area contributed by atoms with Gasteiger partial charge < -0.3 is 5.32 Å². The van der Waals surface area contributed by atoms with Crippen LogP contribution in [0.5, 0.6) is 0 Å². The number of hydrogen-bond acceptors (Lipinski definition) is 2. The Morgan fingerprint density at radius 3 is 2.42 bits per heavy atom. The molecule has 1 aliphatic rings. The first kappa shape index (κ1) is 14.8. The van der Waals surface area contributed by atoms with E-state index < -0.39 is 12.2 Å². The Balaban J connectivity index is 2.33. The summed E-state index contributed by atoms with van der Waals surface area (Å²) in [6, 6.07) is 3.35. The van der Waals surface area contributed by atoms with Crippen LogP contribution in [0.25, 0.3) is 0 Å². The van der Waals surface area contributed by atoms with E-state index in [4.69, 9.17) is 0 Å². The van der Waals surface area contributed by atoms with Gasteiger partial charge in [-0.1, -0.05) is 28.1 Å². The number of piperazine rings is 1. The van der Waals surface area contributed by atoms with Gasteiger partial charge in [-0.25, -0.2) is 0 Å². The van der Waals surface area contributed by atoms with Crippen LogP contribution in [0.15, 0.2) is 22.7 Å². The highest BCUT2D eigenvalue weighted by Gasteiger charge is 2.44. The first-order valence-electron chi connectivity index (χ1n) is 6.17. The Morgan fingerprint density at radius 2 is 1.89 bits per heavy atom. The number of aryl methyl sites for hydroxylation is 1.